The summed E-state index contributed by atoms with van der Waals surface area (Å²) in [7, 11) is 0. The van der Waals surface area contributed by atoms with Crippen LogP contribution in [-0.4, -0.2) is 40.0 Å². The quantitative estimate of drug-likeness (QED) is 0.737. The normalized spacial score (nSPS) is 25.6. The van der Waals surface area contributed by atoms with Crippen molar-refractivity contribution in [2.45, 2.75) is 45.7 Å². The van der Waals surface area contributed by atoms with Gasteiger partial charge in [0.1, 0.15) is 6.54 Å². The molecule has 1 saturated carbocycles. The van der Waals surface area contributed by atoms with Gasteiger partial charge >= 0.3 is 0 Å². The topological polar surface area (TPSA) is 79.2 Å². The fraction of sp³-hybridized carbons (Fsp3) is 0.733. The van der Waals surface area contributed by atoms with Crippen LogP contribution in [0.5, 0.6) is 0 Å². The number of aliphatic hydroxyl groups is 1. The third kappa shape index (κ3) is 5.04. The third-order valence-corrected chi connectivity index (χ3v) is 3.92. The van der Waals surface area contributed by atoms with Gasteiger partial charge in [0, 0.05) is 18.8 Å². The van der Waals surface area contributed by atoms with Gasteiger partial charge < -0.3 is 15.7 Å². The first-order valence-corrected chi connectivity index (χ1v) is 7.73. The highest BCUT2D eigenvalue weighted by molar-refractivity contribution is 5.75. The van der Waals surface area contributed by atoms with Gasteiger partial charge in [-0.2, -0.15) is 5.10 Å². The Balaban J connectivity index is 1.83. The van der Waals surface area contributed by atoms with E-state index in [1.165, 1.54) is 19.3 Å². The molecular weight excluding hydrogens is 268 g/mol. The molecular formula is C15H26N4O2. The predicted octanol–water partition coefficient (Wildman–Crippen LogP) is 1.23. The van der Waals surface area contributed by atoms with Crippen LogP contribution >= 0.6 is 0 Å². The van der Waals surface area contributed by atoms with E-state index in [0.717, 1.165) is 17.5 Å². The molecule has 3 N–H and O–H groups in total. The van der Waals surface area contributed by atoms with Gasteiger partial charge in [-0.15, -0.1) is 0 Å². The molecule has 0 saturated heterocycles. The van der Waals surface area contributed by atoms with Gasteiger partial charge in [0.05, 0.1) is 18.5 Å². The van der Waals surface area contributed by atoms with Crippen molar-refractivity contribution in [2.24, 2.45) is 11.8 Å². The average molecular weight is 294 g/mol. The third-order valence-electron chi connectivity index (χ3n) is 3.92. The molecule has 0 radical (unpaired) electrons. The summed E-state index contributed by atoms with van der Waals surface area (Å²) >= 11 is 0. The van der Waals surface area contributed by atoms with Crippen molar-refractivity contribution in [2.75, 3.05) is 18.5 Å². The van der Waals surface area contributed by atoms with Crippen molar-refractivity contribution < 1.29 is 9.90 Å². The Morgan fingerprint density at radius 2 is 2.10 bits per heavy atom. The molecule has 1 aliphatic rings. The summed E-state index contributed by atoms with van der Waals surface area (Å²) in [5, 5.41) is 19.0. The standard InChI is InChI=1S/C15H26N4O2/c1-11-5-12(2)7-13(6-11)18-14-8-17-19(9-14)10-15(21)16-3-4-20/h8-9,11-13,18,20H,3-7,10H2,1-2H3,(H,16,21). The number of aromatic nitrogens is 2. The van der Waals surface area contributed by atoms with Crippen LogP contribution in [0.1, 0.15) is 33.1 Å². The van der Waals surface area contributed by atoms with E-state index in [0.29, 0.717) is 6.04 Å². The Hall–Kier alpha value is -1.56. The van der Waals surface area contributed by atoms with Crippen molar-refractivity contribution in [3.8, 4) is 0 Å². The number of anilines is 1. The van der Waals surface area contributed by atoms with Crippen LogP contribution in [0.4, 0.5) is 5.69 Å². The molecule has 21 heavy (non-hydrogen) atoms. The monoisotopic (exact) mass is 294 g/mol. The Morgan fingerprint density at radius 1 is 1.38 bits per heavy atom. The minimum Gasteiger partial charge on any atom is -0.395 e. The number of carbonyl (C=O) groups excluding carboxylic acids is 1. The Morgan fingerprint density at radius 3 is 2.76 bits per heavy atom. The van der Waals surface area contributed by atoms with Crippen LogP contribution in [0, 0.1) is 11.8 Å². The highest BCUT2D eigenvalue weighted by atomic mass is 16.3. The van der Waals surface area contributed by atoms with Crippen molar-refractivity contribution in [1.29, 1.82) is 0 Å². The van der Waals surface area contributed by atoms with Crippen molar-refractivity contribution in [3.05, 3.63) is 12.4 Å². The molecule has 1 aromatic rings. The number of aliphatic hydroxyl groups excluding tert-OH is 1. The van der Waals surface area contributed by atoms with Gasteiger partial charge in [-0.25, -0.2) is 0 Å². The molecule has 0 spiro atoms. The molecule has 2 unspecified atom stereocenters. The second-order valence-electron chi connectivity index (χ2n) is 6.26. The van der Waals surface area contributed by atoms with E-state index in [9.17, 15) is 4.79 Å². The zero-order valence-corrected chi connectivity index (χ0v) is 12.9. The molecule has 6 heteroatoms. The van der Waals surface area contributed by atoms with Gasteiger partial charge in [-0.1, -0.05) is 13.8 Å². The predicted molar refractivity (Wildman–Crippen MR) is 81.9 cm³/mol. The fourth-order valence-electron chi connectivity index (χ4n) is 3.22. The molecule has 0 aromatic carbocycles. The first-order valence-electron chi connectivity index (χ1n) is 7.73. The van der Waals surface area contributed by atoms with Gasteiger partial charge in [0.25, 0.3) is 0 Å². The molecule has 0 bridgehead atoms. The second-order valence-corrected chi connectivity index (χ2v) is 6.26. The summed E-state index contributed by atoms with van der Waals surface area (Å²) in [6.07, 6.45) is 7.31. The summed E-state index contributed by atoms with van der Waals surface area (Å²) in [4.78, 5) is 11.6. The lowest BCUT2D eigenvalue weighted by atomic mass is 9.80. The zero-order valence-electron chi connectivity index (χ0n) is 12.9. The highest BCUT2D eigenvalue weighted by Crippen LogP contribution is 2.30. The van der Waals surface area contributed by atoms with E-state index in [4.69, 9.17) is 5.11 Å². The minimum absolute atomic E-state index is 0.0459. The summed E-state index contributed by atoms with van der Waals surface area (Å²) < 4.78 is 1.62. The van der Waals surface area contributed by atoms with Crippen LogP contribution < -0.4 is 10.6 Å². The van der Waals surface area contributed by atoms with Crippen LogP contribution in [-0.2, 0) is 11.3 Å². The lowest BCUT2D eigenvalue weighted by molar-refractivity contribution is -0.122. The Labute approximate surface area is 125 Å². The molecule has 6 nitrogen and oxygen atoms in total. The number of rotatable bonds is 6. The largest absolute Gasteiger partial charge is 0.395 e. The number of hydrogen-bond donors (Lipinski definition) is 3. The van der Waals surface area contributed by atoms with Crippen LogP contribution in [0.2, 0.25) is 0 Å². The molecule has 1 heterocycles. The maximum atomic E-state index is 11.6. The minimum atomic E-state index is -0.140. The number of nitrogens with zero attached hydrogens (tertiary/aromatic N) is 2. The molecule has 1 fully saturated rings. The maximum absolute atomic E-state index is 11.6. The van der Waals surface area contributed by atoms with Crippen molar-refractivity contribution in [3.63, 3.8) is 0 Å². The van der Waals surface area contributed by atoms with E-state index >= 15 is 0 Å². The number of amides is 1. The molecule has 1 aliphatic carbocycles. The molecule has 1 amide bonds. The Kier molecular flexibility index (Phi) is 5.61. The summed E-state index contributed by atoms with van der Waals surface area (Å²) in [6, 6.07) is 0.490. The molecule has 2 rings (SSSR count). The summed E-state index contributed by atoms with van der Waals surface area (Å²) in [5.74, 6) is 1.37. The summed E-state index contributed by atoms with van der Waals surface area (Å²) in [6.45, 7) is 5.02. The Bertz CT molecular complexity index is 450. The SMILES string of the molecule is CC1CC(C)CC(Nc2cnn(CC(=O)NCCO)c2)C1. The number of hydrogen-bond acceptors (Lipinski definition) is 4. The van der Waals surface area contributed by atoms with E-state index < -0.39 is 0 Å². The first-order chi connectivity index (χ1) is 10.1. The smallest absolute Gasteiger partial charge is 0.241 e. The van der Waals surface area contributed by atoms with Crippen molar-refractivity contribution >= 4 is 11.6 Å². The van der Waals surface area contributed by atoms with Crippen LogP contribution in [0.3, 0.4) is 0 Å². The van der Waals surface area contributed by atoms with Gasteiger partial charge in [0.15, 0.2) is 0 Å². The van der Waals surface area contributed by atoms with Crippen molar-refractivity contribution in [1.82, 2.24) is 15.1 Å². The van der Waals surface area contributed by atoms with E-state index in [1.807, 2.05) is 6.20 Å². The zero-order chi connectivity index (χ0) is 15.2. The number of carbonyl (C=O) groups is 1. The molecule has 118 valence electrons. The van der Waals surface area contributed by atoms with Gasteiger partial charge in [-0.05, 0) is 31.1 Å². The number of nitrogens with one attached hydrogen (secondary N) is 2. The van der Waals surface area contributed by atoms with Crippen LogP contribution in [0.25, 0.3) is 0 Å². The summed E-state index contributed by atoms with van der Waals surface area (Å²) in [5.41, 5.74) is 0.969. The van der Waals surface area contributed by atoms with Gasteiger partial charge in [-0.3, -0.25) is 9.48 Å². The lowest BCUT2D eigenvalue weighted by Crippen LogP contribution is -2.30. The van der Waals surface area contributed by atoms with E-state index in [2.05, 4.69) is 29.6 Å². The maximum Gasteiger partial charge on any atom is 0.241 e. The second kappa shape index (κ2) is 7.45. The molecule has 0 aliphatic heterocycles. The fourth-order valence-corrected chi connectivity index (χ4v) is 3.22. The lowest BCUT2D eigenvalue weighted by Gasteiger charge is -2.32. The van der Waals surface area contributed by atoms with E-state index in [1.54, 1.807) is 10.9 Å². The molecule has 1 aromatic heterocycles. The highest BCUT2D eigenvalue weighted by Gasteiger charge is 2.23. The van der Waals surface area contributed by atoms with Gasteiger partial charge in [0.2, 0.25) is 5.91 Å². The van der Waals surface area contributed by atoms with Crippen LogP contribution in [0.15, 0.2) is 12.4 Å². The molecule has 2 atom stereocenters. The first kappa shape index (κ1) is 15.8. The van der Waals surface area contributed by atoms with E-state index in [-0.39, 0.29) is 25.6 Å². The average Bonchev–Trinajstić information content (AvgIpc) is 2.82.